The van der Waals surface area contributed by atoms with Crippen molar-refractivity contribution in [3.63, 3.8) is 0 Å². The summed E-state index contributed by atoms with van der Waals surface area (Å²) in [5.74, 6) is 0.676. The molecule has 4 rings (SSSR count). The predicted octanol–water partition coefficient (Wildman–Crippen LogP) is 6.16. The van der Waals surface area contributed by atoms with Gasteiger partial charge < -0.3 is 0 Å². The lowest BCUT2D eigenvalue weighted by Crippen LogP contribution is -2.03. The first-order chi connectivity index (χ1) is 11.4. The molecule has 23 heavy (non-hydrogen) atoms. The van der Waals surface area contributed by atoms with Crippen molar-refractivity contribution in [2.45, 2.75) is 25.2 Å². The zero-order chi connectivity index (χ0) is 15.5. The standard InChI is InChI=1S/C21H19NS/c1-2-4-16(5-3-1)17-6-8-18(9-7-17)19-10-12-20(13-11-19)21-22-14-15-23-21/h1-5,8,10-15,17H,6-7,9H2. The third-order valence-electron chi connectivity index (χ3n) is 4.62. The van der Waals surface area contributed by atoms with Gasteiger partial charge in [-0.15, -0.1) is 11.3 Å². The van der Waals surface area contributed by atoms with Gasteiger partial charge in [0.15, 0.2) is 0 Å². The fourth-order valence-electron chi connectivity index (χ4n) is 3.32. The van der Waals surface area contributed by atoms with Crippen LogP contribution in [0.1, 0.15) is 36.3 Å². The van der Waals surface area contributed by atoms with E-state index < -0.39 is 0 Å². The summed E-state index contributed by atoms with van der Waals surface area (Å²) in [5.41, 5.74) is 5.53. The lowest BCUT2D eigenvalue weighted by Gasteiger charge is -2.22. The normalized spacial score (nSPS) is 17.7. The van der Waals surface area contributed by atoms with Crippen LogP contribution in [0, 0.1) is 0 Å². The van der Waals surface area contributed by atoms with Gasteiger partial charge in [-0.3, -0.25) is 0 Å². The highest BCUT2D eigenvalue weighted by Gasteiger charge is 2.16. The number of hydrogen-bond donors (Lipinski definition) is 0. The molecule has 1 heterocycles. The molecule has 3 aromatic rings. The molecule has 0 fully saturated rings. The Kier molecular flexibility index (Phi) is 4.08. The van der Waals surface area contributed by atoms with Crippen molar-refractivity contribution < 1.29 is 0 Å². The van der Waals surface area contributed by atoms with Crippen molar-refractivity contribution >= 4 is 16.9 Å². The Balaban J connectivity index is 1.50. The third kappa shape index (κ3) is 3.13. The van der Waals surface area contributed by atoms with Crippen LogP contribution in [0.2, 0.25) is 0 Å². The maximum atomic E-state index is 4.38. The van der Waals surface area contributed by atoms with Gasteiger partial charge in [-0.25, -0.2) is 4.98 Å². The molecule has 1 aromatic heterocycles. The third-order valence-corrected chi connectivity index (χ3v) is 5.44. The van der Waals surface area contributed by atoms with Gasteiger partial charge in [-0.1, -0.05) is 60.7 Å². The van der Waals surface area contributed by atoms with E-state index in [0.717, 1.165) is 17.8 Å². The smallest absolute Gasteiger partial charge is 0.123 e. The zero-order valence-corrected chi connectivity index (χ0v) is 13.8. The Labute approximate surface area is 141 Å². The first-order valence-electron chi connectivity index (χ1n) is 8.14. The molecule has 0 spiro atoms. The molecule has 1 atom stereocenters. The quantitative estimate of drug-likeness (QED) is 0.563. The van der Waals surface area contributed by atoms with Gasteiger partial charge >= 0.3 is 0 Å². The van der Waals surface area contributed by atoms with E-state index in [0.29, 0.717) is 5.92 Å². The van der Waals surface area contributed by atoms with E-state index in [1.807, 2.05) is 11.6 Å². The van der Waals surface area contributed by atoms with Gasteiger partial charge in [0.25, 0.3) is 0 Å². The van der Waals surface area contributed by atoms with Gasteiger partial charge in [0.05, 0.1) is 0 Å². The summed E-state index contributed by atoms with van der Waals surface area (Å²) >= 11 is 1.69. The molecule has 0 bridgehead atoms. The van der Waals surface area contributed by atoms with E-state index in [4.69, 9.17) is 0 Å². The number of hydrogen-bond acceptors (Lipinski definition) is 2. The Hall–Kier alpha value is -2.19. The molecule has 0 N–H and O–H groups in total. The fraction of sp³-hybridized carbons (Fsp3) is 0.190. The van der Waals surface area contributed by atoms with Crippen molar-refractivity contribution in [3.05, 3.63) is 83.4 Å². The largest absolute Gasteiger partial charge is 0.245 e. The Morgan fingerprint density at radius 3 is 2.35 bits per heavy atom. The molecule has 2 heteroatoms. The molecule has 1 aliphatic rings. The minimum Gasteiger partial charge on any atom is -0.245 e. The number of benzene rings is 2. The lowest BCUT2D eigenvalue weighted by atomic mass is 9.82. The molecular weight excluding hydrogens is 298 g/mol. The van der Waals surface area contributed by atoms with Crippen LogP contribution in [0.3, 0.4) is 0 Å². The van der Waals surface area contributed by atoms with E-state index in [9.17, 15) is 0 Å². The number of aromatic nitrogens is 1. The van der Waals surface area contributed by atoms with Crippen LogP contribution >= 0.6 is 11.3 Å². The molecule has 0 amide bonds. The Bertz CT molecular complexity index is 786. The van der Waals surface area contributed by atoms with Gasteiger partial charge in [0.2, 0.25) is 0 Å². The van der Waals surface area contributed by atoms with Crippen LogP contribution in [0.4, 0.5) is 0 Å². The van der Waals surface area contributed by atoms with Crippen molar-refractivity contribution in [2.24, 2.45) is 0 Å². The summed E-state index contributed by atoms with van der Waals surface area (Å²) in [6.45, 7) is 0. The lowest BCUT2D eigenvalue weighted by molar-refractivity contribution is 0.625. The molecule has 0 saturated carbocycles. The van der Waals surface area contributed by atoms with Crippen LogP contribution in [0.5, 0.6) is 0 Å². The fourth-order valence-corrected chi connectivity index (χ4v) is 3.96. The van der Waals surface area contributed by atoms with Gasteiger partial charge in [0, 0.05) is 17.1 Å². The molecule has 1 nitrogen and oxygen atoms in total. The first kappa shape index (κ1) is 14.4. The molecule has 0 radical (unpaired) electrons. The number of allylic oxidation sites excluding steroid dienone is 2. The molecular formula is C21H19NS. The van der Waals surface area contributed by atoms with Gasteiger partial charge in [-0.05, 0) is 41.9 Å². The Morgan fingerprint density at radius 1 is 0.913 bits per heavy atom. The molecule has 1 aliphatic carbocycles. The minimum absolute atomic E-state index is 0.676. The second-order valence-electron chi connectivity index (χ2n) is 6.03. The SMILES string of the molecule is C1=C(c2ccc(-c3nccs3)cc2)CCC(c2ccccc2)C1. The zero-order valence-electron chi connectivity index (χ0n) is 13.0. The van der Waals surface area contributed by atoms with Crippen molar-refractivity contribution in [2.75, 3.05) is 0 Å². The second kappa shape index (κ2) is 6.51. The average Bonchev–Trinajstić information content (AvgIpc) is 3.18. The average molecular weight is 317 g/mol. The number of rotatable bonds is 3. The maximum absolute atomic E-state index is 4.38. The van der Waals surface area contributed by atoms with Gasteiger partial charge in [-0.2, -0.15) is 0 Å². The highest BCUT2D eigenvalue weighted by molar-refractivity contribution is 7.13. The Morgan fingerprint density at radius 2 is 1.70 bits per heavy atom. The molecule has 0 saturated heterocycles. The minimum atomic E-state index is 0.676. The van der Waals surface area contributed by atoms with E-state index in [2.05, 4.69) is 65.7 Å². The molecule has 114 valence electrons. The van der Waals surface area contributed by atoms with Crippen molar-refractivity contribution in [1.29, 1.82) is 0 Å². The first-order valence-corrected chi connectivity index (χ1v) is 9.02. The van der Waals surface area contributed by atoms with Crippen LogP contribution in [-0.2, 0) is 0 Å². The van der Waals surface area contributed by atoms with Crippen LogP contribution < -0.4 is 0 Å². The topological polar surface area (TPSA) is 12.9 Å². The summed E-state index contributed by atoms with van der Waals surface area (Å²) in [6.07, 6.45) is 7.84. The van der Waals surface area contributed by atoms with Crippen molar-refractivity contribution in [1.82, 2.24) is 4.98 Å². The molecule has 2 aromatic carbocycles. The van der Waals surface area contributed by atoms with Crippen LogP contribution in [0.15, 0.2) is 72.3 Å². The van der Waals surface area contributed by atoms with Crippen LogP contribution in [-0.4, -0.2) is 4.98 Å². The number of nitrogens with zero attached hydrogens (tertiary/aromatic N) is 1. The monoisotopic (exact) mass is 317 g/mol. The second-order valence-corrected chi connectivity index (χ2v) is 6.92. The summed E-state index contributed by atoms with van der Waals surface area (Å²) in [7, 11) is 0. The molecule has 0 aliphatic heterocycles. The van der Waals surface area contributed by atoms with E-state index in [1.165, 1.54) is 28.7 Å². The summed E-state index contributed by atoms with van der Waals surface area (Å²) in [4.78, 5) is 4.38. The number of thiazole rings is 1. The maximum Gasteiger partial charge on any atom is 0.123 e. The van der Waals surface area contributed by atoms with Gasteiger partial charge in [0.1, 0.15) is 5.01 Å². The predicted molar refractivity (Wildman–Crippen MR) is 98.6 cm³/mol. The van der Waals surface area contributed by atoms with Crippen LogP contribution in [0.25, 0.3) is 16.1 Å². The van der Waals surface area contributed by atoms with E-state index in [-0.39, 0.29) is 0 Å². The van der Waals surface area contributed by atoms with E-state index in [1.54, 1.807) is 11.3 Å². The highest BCUT2D eigenvalue weighted by Crippen LogP contribution is 2.36. The summed E-state index contributed by atoms with van der Waals surface area (Å²) in [6, 6.07) is 19.8. The molecule has 1 unspecified atom stereocenters. The summed E-state index contributed by atoms with van der Waals surface area (Å²) < 4.78 is 0. The highest BCUT2D eigenvalue weighted by atomic mass is 32.1. The van der Waals surface area contributed by atoms with Crippen molar-refractivity contribution in [3.8, 4) is 10.6 Å². The van der Waals surface area contributed by atoms with E-state index >= 15 is 0 Å². The summed E-state index contributed by atoms with van der Waals surface area (Å²) in [5, 5.41) is 3.12.